The third-order valence-corrected chi connectivity index (χ3v) is 11.3. The smallest absolute Gasteiger partial charge is 0.310 e. The molecule has 0 radical (unpaired) electrons. The highest BCUT2D eigenvalue weighted by Gasteiger charge is 2.76. The van der Waals surface area contributed by atoms with Gasteiger partial charge in [0, 0.05) is 22.3 Å². The molecule has 3 unspecified atom stereocenters. The summed E-state index contributed by atoms with van der Waals surface area (Å²) in [6, 6.07) is 5.75. The highest BCUT2D eigenvalue weighted by atomic mass is 79.9. The van der Waals surface area contributed by atoms with Gasteiger partial charge in [0.05, 0.1) is 42.9 Å². The van der Waals surface area contributed by atoms with Crippen molar-refractivity contribution < 1.29 is 29.0 Å². The number of aliphatic hydroxyl groups excluding tert-OH is 1. The van der Waals surface area contributed by atoms with Gasteiger partial charge in [-0.2, -0.15) is 0 Å². The van der Waals surface area contributed by atoms with E-state index in [1.54, 1.807) is 65.1 Å². The van der Waals surface area contributed by atoms with Crippen LogP contribution in [0.4, 0.5) is 5.69 Å². The molecule has 0 aliphatic carbocycles. The molecule has 4 rings (SSSR count). The Bertz CT molecular complexity index is 1130. The van der Waals surface area contributed by atoms with Crippen LogP contribution in [0.3, 0.4) is 0 Å². The number of carbonyl (C=O) groups is 3. The van der Waals surface area contributed by atoms with Crippen LogP contribution in [0.5, 0.6) is 5.75 Å². The zero-order chi connectivity index (χ0) is 29.2. The SMILES string of the molecule is C=CCCOC(=O)[C@H]1[C@H]2C(=O)N([C@@H](CO)CC(C)C)C(C(=O)N(CC=C)c3ccc(OC)cc3)C23CC(Br)[C@@H]1S3. The topological polar surface area (TPSA) is 96.4 Å². The van der Waals surface area contributed by atoms with Gasteiger partial charge in [-0.05, 0) is 49.4 Å². The monoisotopic (exact) mass is 634 g/mol. The molecule has 7 atom stereocenters. The van der Waals surface area contributed by atoms with E-state index in [0.717, 1.165) is 0 Å². The maximum absolute atomic E-state index is 14.7. The summed E-state index contributed by atoms with van der Waals surface area (Å²) in [5, 5.41) is 10.3. The van der Waals surface area contributed by atoms with Crippen LogP contribution < -0.4 is 9.64 Å². The molecule has 3 fully saturated rings. The number of anilines is 1. The molecular formula is C30H39BrN2O6S. The highest BCUT2D eigenvalue weighted by molar-refractivity contribution is 9.09. The lowest BCUT2D eigenvalue weighted by Crippen LogP contribution is -2.58. The predicted molar refractivity (Wildman–Crippen MR) is 161 cm³/mol. The number of halogens is 1. The average Bonchev–Trinajstić information content (AvgIpc) is 3.53. The Morgan fingerprint density at radius 2 is 1.98 bits per heavy atom. The van der Waals surface area contributed by atoms with Crippen LogP contribution in [0.15, 0.2) is 49.6 Å². The van der Waals surface area contributed by atoms with Gasteiger partial charge in [-0.3, -0.25) is 14.4 Å². The molecule has 1 aromatic carbocycles. The first-order valence-electron chi connectivity index (χ1n) is 13.7. The number of nitrogens with zero attached hydrogens (tertiary/aromatic N) is 2. The molecule has 3 heterocycles. The van der Waals surface area contributed by atoms with E-state index in [-0.39, 0.29) is 47.6 Å². The number of benzene rings is 1. The maximum Gasteiger partial charge on any atom is 0.310 e. The van der Waals surface area contributed by atoms with Gasteiger partial charge in [0.15, 0.2) is 0 Å². The number of thioether (sulfide) groups is 1. The fraction of sp³-hybridized carbons (Fsp3) is 0.567. The number of esters is 1. The molecule has 3 saturated heterocycles. The number of ether oxygens (including phenoxy) is 2. The summed E-state index contributed by atoms with van der Waals surface area (Å²) in [5.74, 6) is -1.50. The highest BCUT2D eigenvalue weighted by Crippen LogP contribution is 2.68. The maximum atomic E-state index is 14.7. The van der Waals surface area contributed by atoms with Crippen LogP contribution >= 0.6 is 27.7 Å². The number of carbonyl (C=O) groups excluding carboxylic acids is 3. The standard InChI is InChI=1S/C30H39BrN2O6S/c1-6-8-14-39-29(37)23-24-27(35)33(20(17-34)15-18(3)4)26(30(24)16-22(31)25(23)40-30)28(36)32(13-7-2)19-9-11-21(38-5)12-10-19/h6-7,9-12,18,20,22-26,34H,1-2,8,13-17H2,3-5H3/t20-,22?,23+,24+,25+,26?,30?/m1/s1. The van der Waals surface area contributed by atoms with Crippen molar-refractivity contribution in [2.24, 2.45) is 17.8 Å². The van der Waals surface area contributed by atoms with Crippen molar-refractivity contribution in [1.82, 2.24) is 4.90 Å². The van der Waals surface area contributed by atoms with Crippen LogP contribution in [0, 0.1) is 17.8 Å². The molecule has 2 bridgehead atoms. The van der Waals surface area contributed by atoms with Crippen LogP contribution in [0.1, 0.15) is 33.1 Å². The van der Waals surface area contributed by atoms with Crippen LogP contribution in [0.25, 0.3) is 0 Å². The van der Waals surface area contributed by atoms with E-state index in [1.165, 1.54) is 0 Å². The Labute approximate surface area is 249 Å². The largest absolute Gasteiger partial charge is 0.497 e. The predicted octanol–water partition coefficient (Wildman–Crippen LogP) is 4.21. The Morgan fingerprint density at radius 1 is 1.27 bits per heavy atom. The van der Waals surface area contributed by atoms with Gasteiger partial charge in [-0.25, -0.2) is 0 Å². The van der Waals surface area contributed by atoms with E-state index in [1.807, 2.05) is 13.8 Å². The minimum Gasteiger partial charge on any atom is -0.497 e. The van der Waals surface area contributed by atoms with E-state index >= 15 is 0 Å². The fourth-order valence-corrected chi connectivity index (χ4v) is 10.1. The first kappa shape index (κ1) is 30.7. The number of aliphatic hydroxyl groups is 1. The Kier molecular flexibility index (Phi) is 9.73. The quantitative estimate of drug-likeness (QED) is 0.150. The number of hydrogen-bond donors (Lipinski definition) is 1. The van der Waals surface area contributed by atoms with E-state index < -0.39 is 34.6 Å². The van der Waals surface area contributed by atoms with Gasteiger partial charge in [-0.15, -0.1) is 24.9 Å². The van der Waals surface area contributed by atoms with Crippen molar-refractivity contribution in [3.63, 3.8) is 0 Å². The molecule has 40 heavy (non-hydrogen) atoms. The Balaban J connectivity index is 1.80. The molecule has 10 heteroatoms. The summed E-state index contributed by atoms with van der Waals surface area (Å²) < 4.78 is 10.1. The van der Waals surface area contributed by atoms with Crippen molar-refractivity contribution in [1.29, 1.82) is 0 Å². The van der Waals surface area contributed by atoms with Crippen molar-refractivity contribution in [3.05, 3.63) is 49.6 Å². The normalized spacial score (nSPS) is 29.3. The van der Waals surface area contributed by atoms with Gasteiger partial charge in [0.1, 0.15) is 11.8 Å². The minimum atomic E-state index is -0.871. The number of amides is 2. The van der Waals surface area contributed by atoms with Gasteiger partial charge in [0.2, 0.25) is 5.91 Å². The third kappa shape index (κ3) is 5.34. The molecule has 0 saturated carbocycles. The van der Waals surface area contributed by atoms with Gasteiger partial charge in [-0.1, -0.05) is 41.9 Å². The fourth-order valence-electron chi connectivity index (χ4n) is 6.53. The lowest BCUT2D eigenvalue weighted by Gasteiger charge is -2.40. The molecule has 218 valence electrons. The Hall–Kier alpha value is -2.30. The first-order valence-corrected chi connectivity index (χ1v) is 15.5. The minimum absolute atomic E-state index is 0.0692. The summed E-state index contributed by atoms with van der Waals surface area (Å²) in [6.45, 7) is 11.7. The second-order valence-electron chi connectivity index (χ2n) is 11.1. The number of likely N-dealkylation sites (tertiary alicyclic amines) is 1. The van der Waals surface area contributed by atoms with Crippen molar-refractivity contribution >= 4 is 51.2 Å². The molecule has 8 nitrogen and oxygen atoms in total. The van der Waals surface area contributed by atoms with E-state index in [0.29, 0.717) is 30.7 Å². The summed E-state index contributed by atoms with van der Waals surface area (Å²) >= 11 is 5.33. The van der Waals surface area contributed by atoms with Crippen LogP contribution in [-0.4, -0.2) is 81.6 Å². The van der Waals surface area contributed by atoms with Crippen molar-refractivity contribution in [2.45, 2.75) is 60.0 Å². The third-order valence-electron chi connectivity index (χ3n) is 8.11. The van der Waals surface area contributed by atoms with Gasteiger partial charge >= 0.3 is 5.97 Å². The molecule has 1 N–H and O–H groups in total. The lowest BCUT2D eigenvalue weighted by molar-refractivity contribution is -0.154. The number of rotatable bonds is 13. The molecular weight excluding hydrogens is 596 g/mol. The summed E-state index contributed by atoms with van der Waals surface area (Å²) in [7, 11) is 1.58. The molecule has 0 aromatic heterocycles. The van der Waals surface area contributed by atoms with Crippen LogP contribution in [0.2, 0.25) is 0 Å². The van der Waals surface area contributed by atoms with Crippen LogP contribution in [-0.2, 0) is 19.1 Å². The second-order valence-corrected chi connectivity index (χ2v) is 13.8. The van der Waals surface area contributed by atoms with Gasteiger partial charge < -0.3 is 24.4 Å². The number of alkyl halides is 1. The average molecular weight is 636 g/mol. The number of hydrogen-bond acceptors (Lipinski definition) is 7. The zero-order valence-corrected chi connectivity index (χ0v) is 25.7. The summed E-state index contributed by atoms with van der Waals surface area (Å²) in [6.07, 6.45) is 4.93. The van der Waals surface area contributed by atoms with E-state index in [9.17, 15) is 19.5 Å². The zero-order valence-electron chi connectivity index (χ0n) is 23.3. The van der Waals surface area contributed by atoms with Crippen molar-refractivity contribution in [3.8, 4) is 5.75 Å². The Morgan fingerprint density at radius 3 is 2.55 bits per heavy atom. The van der Waals surface area contributed by atoms with Crippen molar-refractivity contribution in [2.75, 3.05) is 31.8 Å². The second kappa shape index (κ2) is 12.7. The summed E-state index contributed by atoms with van der Waals surface area (Å²) in [4.78, 5) is 45.7. The molecule has 1 spiro atoms. The molecule has 3 aliphatic rings. The molecule has 3 aliphatic heterocycles. The van der Waals surface area contributed by atoms with E-state index in [4.69, 9.17) is 9.47 Å². The summed E-state index contributed by atoms with van der Waals surface area (Å²) in [5.41, 5.74) is 0.649. The lowest BCUT2D eigenvalue weighted by atomic mass is 9.71. The number of fused-ring (bicyclic) bond motifs is 1. The number of methoxy groups -OCH3 is 1. The molecule has 2 amide bonds. The van der Waals surface area contributed by atoms with E-state index in [2.05, 4.69) is 29.1 Å². The first-order chi connectivity index (χ1) is 19.1. The molecule has 1 aromatic rings. The van der Waals surface area contributed by atoms with Gasteiger partial charge in [0.25, 0.3) is 5.91 Å².